The molecule has 0 aromatic heterocycles. The molecule has 0 spiro atoms. The van der Waals surface area contributed by atoms with Crippen LogP contribution in [0.1, 0.15) is 12.0 Å². The number of nitrogens with zero attached hydrogens (tertiary/aromatic N) is 1. The molecule has 1 aliphatic rings. The minimum atomic E-state index is 0.904. The molecule has 2 heteroatoms. The average Bonchev–Trinajstić information content (AvgIpc) is 2.33. The number of aryl methyl sites for hydroxylation is 1. The van der Waals surface area contributed by atoms with Gasteiger partial charge in [-0.05, 0) is 31.2 Å². The monoisotopic (exact) mass is 212 g/mol. The van der Waals surface area contributed by atoms with E-state index in [1.54, 1.807) is 0 Å². The molecule has 0 saturated carbocycles. The predicted octanol–water partition coefficient (Wildman–Crippen LogP) is 3.32. The Bertz CT molecular complexity index is 450. The van der Waals surface area contributed by atoms with Gasteiger partial charge in [0.25, 0.3) is 0 Å². The Morgan fingerprint density at radius 1 is 1.12 bits per heavy atom. The van der Waals surface area contributed by atoms with Crippen LogP contribution in [0, 0.1) is 6.92 Å². The fourth-order valence-corrected chi connectivity index (χ4v) is 1.60. The highest BCUT2D eigenvalue weighted by atomic mass is 14.9. The third kappa shape index (κ3) is 2.60. The molecular formula is C14H16N2. The van der Waals surface area contributed by atoms with Crippen LogP contribution in [0.15, 0.2) is 53.2 Å². The lowest BCUT2D eigenvalue weighted by Gasteiger charge is -2.11. The maximum absolute atomic E-state index is 4.16. The summed E-state index contributed by atoms with van der Waals surface area (Å²) in [5, 5.41) is 3.37. The van der Waals surface area contributed by atoms with Crippen LogP contribution in [0.25, 0.3) is 0 Å². The highest BCUT2D eigenvalue weighted by Gasteiger charge is 2.01. The highest BCUT2D eigenvalue weighted by Crippen LogP contribution is 2.14. The van der Waals surface area contributed by atoms with E-state index in [0.717, 1.165) is 23.5 Å². The fraction of sp³-hybridized carbons (Fsp3) is 0.214. The summed E-state index contributed by atoms with van der Waals surface area (Å²) in [4.78, 5) is 4.16. The fourth-order valence-electron chi connectivity index (χ4n) is 1.60. The number of aliphatic imine (C=N–C) groups is 1. The van der Waals surface area contributed by atoms with Gasteiger partial charge in [0.1, 0.15) is 0 Å². The summed E-state index contributed by atoms with van der Waals surface area (Å²) in [6.45, 7) is 2.09. The van der Waals surface area contributed by atoms with Crippen molar-refractivity contribution >= 4 is 11.4 Å². The Morgan fingerprint density at radius 3 is 2.44 bits per heavy atom. The van der Waals surface area contributed by atoms with Gasteiger partial charge in [-0.15, -0.1) is 0 Å². The number of benzene rings is 1. The second-order valence-corrected chi connectivity index (χ2v) is 3.90. The molecule has 0 amide bonds. The van der Waals surface area contributed by atoms with Gasteiger partial charge in [0.05, 0.1) is 0 Å². The van der Waals surface area contributed by atoms with Crippen LogP contribution in [0.5, 0.6) is 0 Å². The standard InChI is InChI=1S/C14H16N2/c1-11-3-5-13(6-4-11)16-14-9-7-12(15-2)8-10-14/h3-7,9-10,16H,8H2,1-2H3. The van der Waals surface area contributed by atoms with Crippen molar-refractivity contribution in [1.29, 1.82) is 0 Å². The summed E-state index contributed by atoms with van der Waals surface area (Å²) in [7, 11) is 1.83. The summed E-state index contributed by atoms with van der Waals surface area (Å²) in [6, 6.07) is 8.39. The molecular weight excluding hydrogens is 196 g/mol. The molecule has 0 heterocycles. The van der Waals surface area contributed by atoms with E-state index in [0.29, 0.717) is 0 Å². The lowest BCUT2D eigenvalue weighted by atomic mass is 10.1. The number of hydrogen-bond acceptors (Lipinski definition) is 2. The molecule has 82 valence electrons. The van der Waals surface area contributed by atoms with E-state index >= 15 is 0 Å². The zero-order valence-corrected chi connectivity index (χ0v) is 9.70. The molecule has 16 heavy (non-hydrogen) atoms. The van der Waals surface area contributed by atoms with Gasteiger partial charge in [-0.3, -0.25) is 4.99 Å². The van der Waals surface area contributed by atoms with Crippen LogP contribution in [0.4, 0.5) is 5.69 Å². The maximum atomic E-state index is 4.16. The van der Waals surface area contributed by atoms with Crippen molar-refractivity contribution < 1.29 is 0 Å². The number of hydrogen-bond donors (Lipinski definition) is 1. The first kappa shape index (κ1) is 10.7. The molecule has 1 N–H and O–H groups in total. The predicted molar refractivity (Wildman–Crippen MR) is 70.0 cm³/mol. The Morgan fingerprint density at radius 2 is 1.88 bits per heavy atom. The van der Waals surface area contributed by atoms with Crippen molar-refractivity contribution in [3.63, 3.8) is 0 Å². The first-order chi connectivity index (χ1) is 7.78. The maximum Gasteiger partial charge on any atom is 0.0384 e. The topological polar surface area (TPSA) is 24.4 Å². The van der Waals surface area contributed by atoms with Gasteiger partial charge in [-0.2, -0.15) is 0 Å². The van der Waals surface area contributed by atoms with E-state index in [1.807, 2.05) is 7.05 Å². The number of anilines is 1. The Balaban J connectivity index is 2.04. The van der Waals surface area contributed by atoms with Crippen molar-refractivity contribution in [1.82, 2.24) is 0 Å². The molecule has 0 fully saturated rings. The molecule has 1 aliphatic carbocycles. The van der Waals surface area contributed by atoms with Crippen LogP contribution in [-0.4, -0.2) is 12.8 Å². The molecule has 1 aromatic rings. The van der Waals surface area contributed by atoms with E-state index in [1.165, 1.54) is 5.56 Å². The van der Waals surface area contributed by atoms with E-state index in [-0.39, 0.29) is 0 Å². The highest BCUT2D eigenvalue weighted by molar-refractivity contribution is 5.97. The third-order valence-corrected chi connectivity index (χ3v) is 2.61. The van der Waals surface area contributed by atoms with Crippen molar-refractivity contribution in [3.8, 4) is 0 Å². The lowest BCUT2D eigenvalue weighted by molar-refractivity contribution is 1.30. The van der Waals surface area contributed by atoms with E-state index in [4.69, 9.17) is 0 Å². The summed E-state index contributed by atoms with van der Waals surface area (Å²) in [5.41, 5.74) is 4.66. The molecule has 0 atom stereocenters. The minimum absolute atomic E-state index is 0.904. The normalized spacial score (nSPS) is 17.4. The van der Waals surface area contributed by atoms with Gasteiger partial charge in [-0.1, -0.05) is 23.8 Å². The van der Waals surface area contributed by atoms with Gasteiger partial charge in [-0.25, -0.2) is 0 Å². The Hall–Kier alpha value is -1.83. The number of rotatable bonds is 2. The quantitative estimate of drug-likeness (QED) is 0.799. The second-order valence-electron chi connectivity index (χ2n) is 3.90. The van der Waals surface area contributed by atoms with E-state index < -0.39 is 0 Å². The SMILES string of the molecule is CN=C1C=CC(Nc2ccc(C)cc2)=CC1. The Labute approximate surface area is 96.4 Å². The van der Waals surface area contributed by atoms with Crippen LogP contribution < -0.4 is 5.32 Å². The molecule has 1 aromatic carbocycles. The van der Waals surface area contributed by atoms with E-state index in [9.17, 15) is 0 Å². The smallest absolute Gasteiger partial charge is 0.0384 e. The number of allylic oxidation sites excluding steroid dienone is 3. The van der Waals surface area contributed by atoms with Gasteiger partial charge < -0.3 is 5.32 Å². The van der Waals surface area contributed by atoms with Gasteiger partial charge in [0.15, 0.2) is 0 Å². The third-order valence-electron chi connectivity index (χ3n) is 2.61. The Kier molecular flexibility index (Phi) is 3.20. The van der Waals surface area contributed by atoms with Crippen LogP contribution in [0.2, 0.25) is 0 Å². The molecule has 0 aliphatic heterocycles. The second kappa shape index (κ2) is 4.79. The van der Waals surface area contributed by atoms with Crippen LogP contribution >= 0.6 is 0 Å². The zero-order valence-electron chi connectivity index (χ0n) is 9.70. The molecule has 0 unspecified atom stereocenters. The van der Waals surface area contributed by atoms with Crippen molar-refractivity contribution in [2.75, 3.05) is 12.4 Å². The summed E-state index contributed by atoms with van der Waals surface area (Å²) < 4.78 is 0. The van der Waals surface area contributed by atoms with Crippen molar-refractivity contribution in [3.05, 3.63) is 53.8 Å². The van der Waals surface area contributed by atoms with Gasteiger partial charge in [0.2, 0.25) is 0 Å². The first-order valence-corrected chi connectivity index (χ1v) is 5.45. The summed E-state index contributed by atoms with van der Waals surface area (Å²) in [5.74, 6) is 0. The molecule has 2 rings (SSSR count). The van der Waals surface area contributed by atoms with Crippen molar-refractivity contribution in [2.45, 2.75) is 13.3 Å². The van der Waals surface area contributed by atoms with Crippen LogP contribution in [0.3, 0.4) is 0 Å². The molecule has 0 radical (unpaired) electrons. The van der Waals surface area contributed by atoms with E-state index in [2.05, 4.69) is 59.7 Å². The lowest BCUT2D eigenvalue weighted by Crippen LogP contribution is -2.04. The number of nitrogens with one attached hydrogen (secondary N) is 1. The van der Waals surface area contributed by atoms with Gasteiger partial charge >= 0.3 is 0 Å². The van der Waals surface area contributed by atoms with Crippen LogP contribution in [-0.2, 0) is 0 Å². The molecule has 2 nitrogen and oxygen atoms in total. The van der Waals surface area contributed by atoms with Crippen molar-refractivity contribution in [2.24, 2.45) is 4.99 Å². The largest absolute Gasteiger partial charge is 0.356 e. The zero-order chi connectivity index (χ0) is 11.4. The molecule has 0 bridgehead atoms. The summed E-state index contributed by atoms with van der Waals surface area (Å²) in [6.07, 6.45) is 7.17. The average molecular weight is 212 g/mol. The van der Waals surface area contributed by atoms with Gasteiger partial charge in [0, 0.05) is 30.6 Å². The first-order valence-electron chi connectivity index (χ1n) is 5.45. The minimum Gasteiger partial charge on any atom is -0.356 e. The summed E-state index contributed by atoms with van der Waals surface area (Å²) >= 11 is 0. The molecule has 0 saturated heterocycles.